The first kappa shape index (κ1) is 12.9. The van der Waals surface area contributed by atoms with Crippen LogP contribution < -0.4 is 5.32 Å². The van der Waals surface area contributed by atoms with E-state index >= 15 is 0 Å². The van der Waals surface area contributed by atoms with Crippen molar-refractivity contribution >= 4 is 21.6 Å². The van der Waals surface area contributed by atoms with Gasteiger partial charge in [-0.15, -0.1) is 0 Å². The molecule has 0 amide bonds. The highest BCUT2D eigenvalue weighted by Gasteiger charge is 2.29. The molecule has 0 aliphatic carbocycles. The monoisotopic (exact) mass is 299 g/mol. The van der Waals surface area contributed by atoms with Gasteiger partial charge >= 0.3 is 0 Å². The molecule has 1 aliphatic heterocycles. The molecule has 0 saturated carbocycles. The first-order valence-corrected chi connectivity index (χ1v) is 6.77. The predicted octanol–water partition coefficient (Wildman–Crippen LogP) is 2.79. The minimum Gasteiger partial charge on any atom is -0.394 e. The third-order valence-corrected chi connectivity index (χ3v) is 3.82. The Morgan fingerprint density at radius 1 is 1.47 bits per heavy atom. The van der Waals surface area contributed by atoms with Crippen LogP contribution in [0.25, 0.3) is 0 Å². The topological polar surface area (TPSA) is 41.5 Å². The first-order valence-electron chi connectivity index (χ1n) is 5.98. The Morgan fingerprint density at radius 3 is 2.82 bits per heavy atom. The molecular weight excluding hydrogens is 282 g/mol. The molecule has 1 fully saturated rings. The maximum Gasteiger partial charge on any atom is 0.0803 e. The van der Waals surface area contributed by atoms with E-state index in [0.29, 0.717) is 6.10 Å². The van der Waals surface area contributed by atoms with E-state index < -0.39 is 0 Å². The minimum absolute atomic E-state index is 0.0429. The Kier molecular flexibility index (Phi) is 4.42. The summed E-state index contributed by atoms with van der Waals surface area (Å²) in [5, 5.41) is 12.8. The number of nitrogens with one attached hydrogen (secondary N) is 1. The Hall–Kier alpha value is -0.580. The van der Waals surface area contributed by atoms with Crippen molar-refractivity contribution in [2.75, 3.05) is 11.9 Å². The molecule has 3 nitrogen and oxygen atoms in total. The van der Waals surface area contributed by atoms with E-state index in [0.717, 1.165) is 23.0 Å². The third-order valence-electron chi connectivity index (χ3n) is 3.13. The van der Waals surface area contributed by atoms with Crippen LogP contribution >= 0.6 is 15.9 Å². The van der Waals surface area contributed by atoms with Crippen molar-refractivity contribution in [1.82, 2.24) is 0 Å². The van der Waals surface area contributed by atoms with Gasteiger partial charge in [-0.1, -0.05) is 12.1 Å². The van der Waals surface area contributed by atoms with Crippen molar-refractivity contribution in [2.24, 2.45) is 0 Å². The number of hydrogen-bond acceptors (Lipinski definition) is 3. The molecule has 0 bridgehead atoms. The molecule has 0 aromatic heterocycles. The van der Waals surface area contributed by atoms with Gasteiger partial charge in [0.15, 0.2) is 0 Å². The van der Waals surface area contributed by atoms with Crippen LogP contribution in [0.3, 0.4) is 0 Å². The average molecular weight is 300 g/mol. The summed E-state index contributed by atoms with van der Waals surface area (Å²) in [7, 11) is 0. The van der Waals surface area contributed by atoms with Crippen LogP contribution in [-0.2, 0) is 4.74 Å². The molecule has 0 spiro atoms. The number of hydrogen-bond donors (Lipinski definition) is 2. The summed E-state index contributed by atoms with van der Waals surface area (Å²) in [6, 6.07) is 7.87. The van der Waals surface area contributed by atoms with Gasteiger partial charge in [0.05, 0.1) is 24.9 Å². The number of anilines is 1. The van der Waals surface area contributed by atoms with Crippen LogP contribution in [0.2, 0.25) is 0 Å². The van der Waals surface area contributed by atoms with Crippen LogP contribution in [0.15, 0.2) is 28.7 Å². The lowest BCUT2D eigenvalue weighted by Crippen LogP contribution is -2.37. The first-order chi connectivity index (χ1) is 8.20. The number of ether oxygens (including phenoxy) is 1. The summed E-state index contributed by atoms with van der Waals surface area (Å²) >= 11 is 3.49. The molecule has 1 aromatic carbocycles. The number of para-hydroxylation sites is 1. The standard InChI is InChI=1S/C13H18BrNO2/c1-9-6-7-13(17-9)12(8-16)15-11-5-3-2-4-10(11)14/h2-5,9,12-13,15-16H,6-8H2,1H3. The Morgan fingerprint density at radius 2 is 2.24 bits per heavy atom. The molecule has 2 rings (SSSR count). The van der Waals surface area contributed by atoms with Gasteiger partial charge in [0.1, 0.15) is 0 Å². The molecule has 17 heavy (non-hydrogen) atoms. The molecule has 1 heterocycles. The largest absolute Gasteiger partial charge is 0.394 e. The predicted molar refractivity (Wildman–Crippen MR) is 72.2 cm³/mol. The quantitative estimate of drug-likeness (QED) is 0.898. The van der Waals surface area contributed by atoms with Crippen LogP contribution in [0, 0.1) is 0 Å². The van der Waals surface area contributed by atoms with Gasteiger partial charge in [-0.25, -0.2) is 0 Å². The highest BCUT2D eigenvalue weighted by Crippen LogP contribution is 2.26. The van der Waals surface area contributed by atoms with Crippen molar-refractivity contribution in [3.63, 3.8) is 0 Å². The highest BCUT2D eigenvalue weighted by atomic mass is 79.9. The Labute approximate surface area is 110 Å². The fourth-order valence-corrected chi connectivity index (χ4v) is 2.56. The fraction of sp³-hybridized carbons (Fsp3) is 0.538. The molecule has 3 unspecified atom stereocenters. The number of rotatable bonds is 4. The second-order valence-electron chi connectivity index (χ2n) is 4.48. The van der Waals surface area contributed by atoms with Gasteiger partial charge in [-0.2, -0.15) is 0 Å². The molecule has 3 atom stereocenters. The number of benzene rings is 1. The van der Waals surface area contributed by atoms with E-state index in [-0.39, 0.29) is 18.8 Å². The molecule has 1 saturated heterocycles. The molecule has 2 N–H and O–H groups in total. The zero-order valence-corrected chi connectivity index (χ0v) is 11.5. The van der Waals surface area contributed by atoms with Crippen LogP contribution in [-0.4, -0.2) is 30.0 Å². The van der Waals surface area contributed by atoms with E-state index in [1.54, 1.807) is 0 Å². The highest BCUT2D eigenvalue weighted by molar-refractivity contribution is 9.10. The Balaban J connectivity index is 2.03. The molecule has 94 valence electrons. The number of aliphatic hydroxyl groups is 1. The van der Waals surface area contributed by atoms with E-state index in [1.165, 1.54) is 0 Å². The van der Waals surface area contributed by atoms with Crippen LogP contribution in [0.5, 0.6) is 0 Å². The van der Waals surface area contributed by atoms with Gasteiger partial charge in [0.25, 0.3) is 0 Å². The zero-order valence-electron chi connectivity index (χ0n) is 9.90. The lowest BCUT2D eigenvalue weighted by molar-refractivity contribution is 0.0324. The lowest BCUT2D eigenvalue weighted by Gasteiger charge is -2.24. The molecule has 4 heteroatoms. The number of aliphatic hydroxyl groups excluding tert-OH is 1. The summed E-state index contributed by atoms with van der Waals surface area (Å²) in [6.07, 6.45) is 2.47. The van der Waals surface area contributed by atoms with Crippen molar-refractivity contribution in [3.05, 3.63) is 28.7 Å². The molecular formula is C13H18BrNO2. The maximum absolute atomic E-state index is 9.47. The molecule has 1 aromatic rings. The van der Waals surface area contributed by atoms with Crippen molar-refractivity contribution in [1.29, 1.82) is 0 Å². The van der Waals surface area contributed by atoms with Crippen LogP contribution in [0.1, 0.15) is 19.8 Å². The molecule has 0 radical (unpaired) electrons. The average Bonchev–Trinajstić information content (AvgIpc) is 2.75. The molecule has 1 aliphatic rings. The van der Waals surface area contributed by atoms with E-state index in [2.05, 4.69) is 28.2 Å². The summed E-state index contributed by atoms with van der Waals surface area (Å²) < 4.78 is 6.79. The van der Waals surface area contributed by atoms with Crippen LogP contribution in [0.4, 0.5) is 5.69 Å². The smallest absolute Gasteiger partial charge is 0.0803 e. The van der Waals surface area contributed by atoms with Crippen molar-refractivity contribution in [3.8, 4) is 0 Å². The van der Waals surface area contributed by atoms with E-state index in [9.17, 15) is 5.11 Å². The second kappa shape index (κ2) is 5.85. The summed E-state index contributed by atoms with van der Waals surface area (Å²) in [5.41, 5.74) is 0.995. The summed E-state index contributed by atoms with van der Waals surface area (Å²) in [4.78, 5) is 0. The van der Waals surface area contributed by atoms with Gasteiger partial charge in [-0.05, 0) is 47.8 Å². The van der Waals surface area contributed by atoms with Crippen molar-refractivity contribution in [2.45, 2.75) is 38.0 Å². The van der Waals surface area contributed by atoms with Gasteiger partial charge in [-0.3, -0.25) is 0 Å². The Bertz CT molecular complexity index is 372. The summed E-state index contributed by atoms with van der Waals surface area (Å²) in [6.45, 7) is 2.16. The zero-order chi connectivity index (χ0) is 12.3. The maximum atomic E-state index is 9.47. The SMILES string of the molecule is CC1CCC(C(CO)Nc2ccccc2Br)O1. The van der Waals surface area contributed by atoms with Gasteiger partial charge < -0.3 is 15.2 Å². The fourth-order valence-electron chi connectivity index (χ4n) is 2.16. The summed E-state index contributed by atoms with van der Waals surface area (Å²) in [5.74, 6) is 0. The number of halogens is 1. The minimum atomic E-state index is -0.0429. The van der Waals surface area contributed by atoms with E-state index in [4.69, 9.17) is 4.74 Å². The van der Waals surface area contributed by atoms with Crippen molar-refractivity contribution < 1.29 is 9.84 Å². The lowest BCUT2D eigenvalue weighted by atomic mass is 10.1. The van der Waals surface area contributed by atoms with Gasteiger partial charge in [0.2, 0.25) is 0 Å². The second-order valence-corrected chi connectivity index (χ2v) is 5.33. The normalized spacial score (nSPS) is 25.8. The third kappa shape index (κ3) is 3.21. The van der Waals surface area contributed by atoms with E-state index in [1.807, 2.05) is 24.3 Å². The van der Waals surface area contributed by atoms with Gasteiger partial charge in [0, 0.05) is 10.2 Å².